The molecule has 1 amide bonds. The van der Waals surface area contributed by atoms with Crippen LogP contribution in [0.1, 0.15) is 30.3 Å². The number of piperidine rings is 1. The summed E-state index contributed by atoms with van der Waals surface area (Å²) in [6.07, 6.45) is 5.70. The fourth-order valence-electron chi connectivity index (χ4n) is 2.93. The molecule has 0 unspecified atom stereocenters. The Kier molecular flexibility index (Phi) is 2.99. The number of fused-ring (bicyclic) bond motifs is 1. The second-order valence-corrected chi connectivity index (χ2v) is 5.12. The molecule has 2 saturated heterocycles. The highest BCUT2D eigenvalue weighted by molar-refractivity contribution is 5.92. The molecule has 3 heterocycles. The van der Waals surface area contributed by atoms with E-state index in [4.69, 9.17) is 4.74 Å². The fraction of sp³-hybridized carbons (Fsp3) is 0.615. The van der Waals surface area contributed by atoms with Gasteiger partial charge in [-0.15, -0.1) is 0 Å². The van der Waals surface area contributed by atoms with Gasteiger partial charge in [-0.25, -0.2) is 9.97 Å². The summed E-state index contributed by atoms with van der Waals surface area (Å²) < 4.78 is 5.85. The first-order valence-corrected chi connectivity index (χ1v) is 6.45. The molecule has 2 fully saturated rings. The summed E-state index contributed by atoms with van der Waals surface area (Å²) in [6.45, 7) is 3.60. The molecular formula is C13H17N3O2. The molecule has 1 aromatic heterocycles. The van der Waals surface area contributed by atoms with Crippen LogP contribution < -0.4 is 0 Å². The number of rotatable bonds is 1. The van der Waals surface area contributed by atoms with E-state index in [0.29, 0.717) is 24.3 Å². The van der Waals surface area contributed by atoms with E-state index in [2.05, 4.69) is 16.9 Å². The van der Waals surface area contributed by atoms with E-state index in [1.807, 2.05) is 4.90 Å². The third-order valence-electron chi connectivity index (χ3n) is 3.83. The number of hydrogen-bond acceptors (Lipinski definition) is 4. The van der Waals surface area contributed by atoms with Gasteiger partial charge in [0.1, 0.15) is 12.0 Å². The molecule has 0 saturated carbocycles. The van der Waals surface area contributed by atoms with Crippen molar-refractivity contribution < 1.29 is 9.53 Å². The molecule has 1 aromatic rings. The van der Waals surface area contributed by atoms with Crippen LogP contribution in [0.3, 0.4) is 0 Å². The monoisotopic (exact) mass is 247 g/mol. The van der Waals surface area contributed by atoms with E-state index in [9.17, 15) is 4.79 Å². The van der Waals surface area contributed by atoms with Crippen molar-refractivity contribution in [1.29, 1.82) is 0 Å². The highest BCUT2D eigenvalue weighted by Crippen LogP contribution is 2.33. The minimum Gasteiger partial charge on any atom is -0.373 e. The van der Waals surface area contributed by atoms with Gasteiger partial charge in [0.15, 0.2) is 0 Å². The van der Waals surface area contributed by atoms with Gasteiger partial charge in [0.25, 0.3) is 5.91 Å². The van der Waals surface area contributed by atoms with E-state index in [0.717, 1.165) is 19.4 Å². The van der Waals surface area contributed by atoms with Crippen molar-refractivity contribution in [2.75, 3.05) is 13.1 Å². The topological polar surface area (TPSA) is 55.3 Å². The van der Waals surface area contributed by atoms with Gasteiger partial charge in [-0.1, -0.05) is 0 Å². The molecule has 2 aliphatic rings. The standard InChI is InChI=1S/C13H17N3O2/c1-9-6-10-3-5-16(7-12(10)18-9)13(17)11-2-4-14-8-15-11/h2,4,8-10,12H,3,5-7H2,1H3/t9-,10-,12+/m0/s1. The normalized spacial score (nSPS) is 31.2. The van der Waals surface area contributed by atoms with Gasteiger partial charge in [0.2, 0.25) is 0 Å². The van der Waals surface area contributed by atoms with Gasteiger partial charge in [-0.3, -0.25) is 4.79 Å². The number of carbonyl (C=O) groups is 1. The van der Waals surface area contributed by atoms with E-state index in [1.54, 1.807) is 12.3 Å². The van der Waals surface area contributed by atoms with Crippen molar-refractivity contribution in [2.45, 2.75) is 32.0 Å². The molecule has 0 aromatic carbocycles. The lowest BCUT2D eigenvalue weighted by atomic mass is 9.92. The Hall–Kier alpha value is -1.49. The molecule has 96 valence electrons. The Bertz CT molecular complexity index is 437. The molecule has 2 aliphatic heterocycles. The maximum Gasteiger partial charge on any atom is 0.272 e. The molecule has 5 nitrogen and oxygen atoms in total. The molecule has 0 N–H and O–H groups in total. The second kappa shape index (κ2) is 4.65. The van der Waals surface area contributed by atoms with Crippen LogP contribution in [0.2, 0.25) is 0 Å². The van der Waals surface area contributed by atoms with Crippen molar-refractivity contribution >= 4 is 5.91 Å². The summed E-state index contributed by atoms with van der Waals surface area (Å²) in [6, 6.07) is 1.66. The molecule has 0 radical (unpaired) electrons. The number of ether oxygens (including phenoxy) is 1. The van der Waals surface area contributed by atoms with Crippen molar-refractivity contribution in [3.8, 4) is 0 Å². The predicted molar refractivity (Wildman–Crippen MR) is 65.0 cm³/mol. The van der Waals surface area contributed by atoms with Gasteiger partial charge >= 0.3 is 0 Å². The zero-order valence-corrected chi connectivity index (χ0v) is 10.5. The lowest BCUT2D eigenvalue weighted by Gasteiger charge is -2.33. The van der Waals surface area contributed by atoms with Crippen molar-refractivity contribution in [3.63, 3.8) is 0 Å². The number of hydrogen-bond donors (Lipinski definition) is 0. The molecular weight excluding hydrogens is 230 g/mol. The molecule has 18 heavy (non-hydrogen) atoms. The Labute approximate surface area is 106 Å². The minimum absolute atomic E-state index is 0.0148. The Morgan fingerprint density at radius 2 is 2.44 bits per heavy atom. The number of nitrogens with zero attached hydrogens (tertiary/aromatic N) is 3. The Morgan fingerprint density at radius 3 is 3.22 bits per heavy atom. The lowest BCUT2D eigenvalue weighted by molar-refractivity contribution is 0.00138. The van der Waals surface area contributed by atoms with Crippen LogP contribution in [0.25, 0.3) is 0 Å². The summed E-state index contributed by atoms with van der Waals surface area (Å²) in [5.41, 5.74) is 0.467. The summed E-state index contributed by atoms with van der Waals surface area (Å²) in [5, 5.41) is 0. The quantitative estimate of drug-likeness (QED) is 0.746. The fourth-order valence-corrected chi connectivity index (χ4v) is 2.93. The van der Waals surface area contributed by atoms with Gasteiger partial charge in [-0.05, 0) is 31.7 Å². The molecule has 5 heteroatoms. The summed E-state index contributed by atoms with van der Waals surface area (Å²) in [4.78, 5) is 21.9. The second-order valence-electron chi connectivity index (χ2n) is 5.12. The van der Waals surface area contributed by atoms with Crippen LogP contribution in [0.4, 0.5) is 0 Å². The highest BCUT2D eigenvalue weighted by atomic mass is 16.5. The van der Waals surface area contributed by atoms with Crippen molar-refractivity contribution in [1.82, 2.24) is 14.9 Å². The summed E-state index contributed by atoms with van der Waals surface area (Å²) >= 11 is 0. The SMILES string of the molecule is C[C@H]1C[C@@H]2CCN(C(=O)c3ccncn3)C[C@H]2O1. The average molecular weight is 247 g/mol. The first-order chi connectivity index (χ1) is 8.74. The molecule has 0 bridgehead atoms. The van der Waals surface area contributed by atoms with Crippen LogP contribution in [0.15, 0.2) is 18.6 Å². The van der Waals surface area contributed by atoms with Gasteiger partial charge in [0.05, 0.1) is 12.2 Å². The van der Waals surface area contributed by atoms with Gasteiger partial charge in [-0.2, -0.15) is 0 Å². The van der Waals surface area contributed by atoms with Crippen LogP contribution in [0, 0.1) is 5.92 Å². The zero-order valence-electron chi connectivity index (χ0n) is 10.5. The summed E-state index contributed by atoms with van der Waals surface area (Å²) in [7, 11) is 0. The van der Waals surface area contributed by atoms with Gasteiger partial charge < -0.3 is 9.64 Å². The minimum atomic E-state index is -0.0148. The highest BCUT2D eigenvalue weighted by Gasteiger charge is 2.38. The smallest absolute Gasteiger partial charge is 0.272 e. The molecule has 3 atom stereocenters. The number of aromatic nitrogens is 2. The van der Waals surface area contributed by atoms with Crippen LogP contribution in [0.5, 0.6) is 0 Å². The maximum atomic E-state index is 12.2. The van der Waals surface area contributed by atoms with E-state index >= 15 is 0 Å². The first kappa shape index (κ1) is 11.6. The predicted octanol–water partition coefficient (Wildman–Crippen LogP) is 1.12. The van der Waals surface area contributed by atoms with Crippen molar-refractivity contribution in [2.24, 2.45) is 5.92 Å². The number of carbonyl (C=O) groups excluding carboxylic acids is 1. The lowest BCUT2D eigenvalue weighted by Crippen LogP contribution is -2.45. The van der Waals surface area contributed by atoms with Crippen molar-refractivity contribution in [3.05, 3.63) is 24.3 Å². The largest absolute Gasteiger partial charge is 0.373 e. The molecule has 3 rings (SSSR count). The van der Waals surface area contributed by atoms with E-state index in [-0.39, 0.29) is 12.0 Å². The third-order valence-corrected chi connectivity index (χ3v) is 3.83. The molecule has 0 spiro atoms. The Balaban J connectivity index is 1.70. The molecule has 0 aliphatic carbocycles. The summed E-state index contributed by atoms with van der Waals surface area (Å²) in [5.74, 6) is 0.605. The maximum absolute atomic E-state index is 12.2. The number of likely N-dealkylation sites (tertiary alicyclic amines) is 1. The van der Waals surface area contributed by atoms with Crippen LogP contribution >= 0.6 is 0 Å². The third kappa shape index (κ3) is 2.10. The average Bonchev–Trinajstić information content (AvgIpc) is 2.78. The first-order valence-electron chi connectivity index (χ1n) is 6.45. The Morgan fingerprint density at radius 1 is 1.56 bits per heavy atom. The number of amides is 1. The van der Waals surface area contributed by atoms with Crippen LogP contribution in [-0.2, 0) is 4.74 Å². The van der Waals surface area contributed by atoms with Crippen LogP contribution in [-0.4, -0.2) is 46.1 Å². The zero-order chi connectivity index (χ0) is 12.5. The van der Waals surface area contributed by atoms with E-state index in [1.165, 1.54) is 6.33 Å². The van der Waals surface area contributed by atoms with Gasteiger partial charge in [0, 0.05) is 19.3 Å². The van der Waals surface area contributed by atoms with E-state index < -0.39 is 0 Å².